The first-order chi connectivity index (χ1) is 7.91. The number of amides is 1. The maximum atomic E-state index is 11.6. The highest BCUT2D eigenvalue weighted by atomic mass is 16.2. The van der Waals surface area contributed by atoms with Crippen LogP contribution in [0.4, 0.5) is 5.69 Å². The predicted molar refractivity (Wildman–Crippen MR) is 71.4 cm³/mol. The summed E-state index contributed by atoms with van der Waals surface area (Å²) in [4.78, 5) is 13.1. The Kier molecular flexibility index (Phi) is 4.26. The lowest BCUT2D eigenvalue weighted by Crippen LogP contribution is -2.29. The Morgan fingerprint density at radius 3 is 2.12 bits per heavy atom. The SMILES string of the molecule is C/C(=N\N(C)c1ccc(C)cc1)C(=O)N(C)C. The molecule has 4 heteroatoms. The molecule has 0 atom stereocenters. The van der Waals surface area contributed by atoms with E-state index in [-0.39, 0.29) is 5.91 Å². The van der Waals surface area contributed by atoms with Crippen LogP contribution in [0, 0.1) is 6.92 Å². The summed E-state index contributed by atoms with van der Waals surface area (Å²) in [5.74, 6) is -0.0797. The molecule has 0 heterocycles. The van der Waals surface area contributed by atoms with E-state index in [0.29, 0.717) is 5.71 Å². The van der Waals surface area contributed by atoms with Crippen molar-refractivity contribution in [3.63, 3.8) is 0 Å². The zero-order chi connectivity index (χ0) is 13.0. The summed E-state index contributed by atoms with van der Waals surface area (Å²) in [7, 11) is 5.26. The lowest BCUT2D eigenvalue weighted by Gasteiger charge is -2.16. The third-order valence-electron chi connectivity index (χ3n) is 2.42. The van der Waals surface area contributed by atoms with Gasteiger partial charge in [-0.15, -0.1) is 0 Å². The maximum absolute atomic E-state index is 11.6. The smallest absolute Gasteiger partial charge is 0.269 e. The summed E-state index contributed by atoms with van der Waals surface area (Å²) in [6.07, 6.45) is 0. The lowest BCUT2D eigenvalue weighted by atomic mass is 10.2. The van der Waals surface area contributed by atoms with Crippen LogP contribution in [0.15, 0.2) is 29.4 Å². The summed E-state index contributed by atoms with van der Waals surface area (Å²) < 4.78 is 0. The fourth-order valence-electron chi connectivity index (χ4n) is 1.41. The van der Waals surface area contributed by atoms with Crippen molar-refractivity contribution >= 4 is 17.3 Å². The number of nitrogens with zero attached hydrogens (tertiary/aromatic N) is 3. The number of hydrazone groups is 1. The van der Waals surface area contributed by atoms with Crippen LogP contribution in [0.1, 0.15) is 12.5 Å². The first kappa shape index (κ1) is 13.2. The van der Waals surface area contributed by atoms with Crippen molar-refractivity contribution in [2.75, 3.05) is 26.2 Å². The summed E-state index contributed by atoms with van der Waals surface area (Å²) in [6, 6.07) is 7.99. The number of benzene rings is 1. The van der Waals surface area contributed by atoms with Crippen LogP contribution in [0.2, 0.25) is 0 Å². The molecule has 0 aliphatic rings. The van der Waals surface area contributed by atoms with E-state index >= 15 is 0 Å². The monoisotopic (exact) mass is 233 g/mol. The van der Waals surface area contributed by atoms with Gasteiger partial charge in [-0.05, 0) is 26.0 Å². The first-order valence-corrected chi connectivity index (χ1v) is 5.49. The second-order valence-electron chi connectivity index (χ2n) is 4.24. The van der Waals surface area contributed by atoms with Gasteiger partial charge in [0.2, 0.25) is 0 Å². The fourth-order valence-corrected chi connectivity index (χ4v) is 1.41. The van der Waals surface area contributed by atoms with Crippen molar-refractivity contribution in [1.82, 2.24) is 4.90 Å². The van der Waals surface area contributed by atoms with E-state index in [9.17, 15) is 4.79 Å². The molecule has 0 saturated carbocycles. The molecule has 0 saturated heterocycles. The molecule has 92 valence electrons. The number of hydrogen-bond acceptors (Lipinski definition) is 3. The molecule has 1 amide bonds. The van der Waals surface area contributed by atoms with E-state index in [1.54, 1.807) is 26.0 Å². The van der Waals surface area contributed by atoms with Gasteiger partial charge in [-0.25, -0.2) is 0 Å². The van der Waals surface area contributed by atoms with E-state index in [0.717, 1.165) is 5.69 Å². The van der Waals surface area contributed by atoms with Crippen LogP contribution in [0.5, 0.6) is 0 Å². The van der Waals surface area contributed by atoms with E-state index in [2.05, 4.69) is 5.10 Å². The molecule has 0 N–H and O–H groups in total. The molecule has 1 aromatic carbocycles. The molecule has 1 rings (SSSR count). The molecule has 17 heavy (non-hydrogen) atoms. The number of carbonyl (C=O) groups excluding carboxylic acids is 1. The topological polar surface area (TPSA) is 35.9 Å². The molecule has 0 spiro atoms. The molecule has 0 aliphatic carbocycles. The van der Waals surface area contributed by atoms with Gasteiger partial charge in [0.05, 0.1) is 5.69 Å². The van der Waals surface area contributed by atoms with Crippen LogP contribution in [0.25, 0.3) is 0 Å². The van der Waals surface area contributed by atoms with E-state index in [1.807, 2.05) is 38.2 Å². The molecule has 4 nitrogen and oxygen atoms in total. The summed E-state index contributed by atoms with van der Waals surface area (Å²) in [5.41, 5.74) is 2.63. The molecule has 0 aromatic heterocycles. The minimum Gasteiger partial charge on any atom is -0.344 e. The normalized spacial score (nSPS) is 11.2. The Morgan fingerprint density at radius 1 is 1.12 bits per heavy atom. The van der Waals surface area contributed by atoms with Gasteiger partial charge >= 0.3 is 0 Å². The Hall–Kier alpha value is -1.84. The van der Waals surface area contributed by atoms with E-state index in [4.69, 9.17) is 0 Å². The number of carbonyl (C=O) groups is 1. The highest BCUT2D eigenvalue weighted by molar-refractivity contribution is 6.37. The highest BCUT2D eigenvalue weighted by Crippen LogP contribution is 2.13. The number of hydrogen-bond donors (Lipinski definition) is 0. The van der Waals surface area contributed by atoms with Crippen LogP contribution in [-0.2, 0) is 4.79 Å². The van der Waals surface area contributed by atoms with Crippen molar-refractivity contribution in [2.24, 2.45) is 5.10 Å². The van der Waals surface area contributed by atoms with E-state index in [1.165, 1.54) is 10.5 Å². The minimum absolute atomic E-state index is 0.0797. The third kappa shape index (κ3) is 3.59. The van der Waals surface area contributed by atoms with Crippen molar-refractivity contribution in [1.29, 1.82) is 0 Å². The molecular weight excluding hydrogens is 214 g/mol. The van der Waals surface area contributed by atoms with E-state index < -0.39 is 0 Å². The van der Waals surface area contributed by atoms with Crippen molar-refractivity contribution in [3.05, 3.63) is 29.8 Å². The van der Waals surface area contributed by atoms with Gasteiger partial charge in [0.1, 0.15) is 5.71 Å². The first-order valence-electron chi connectivity index (χ1n) is 5.49. The molecule has 0 bridgehead atoms. The summed E-state index contributed by atoms with van der Waals surface area (Å²) >= 11 is 0. The largest absolute Gasteiger partial charge is 0.344 e. The average molecular weight is 233 g/mol. The van der Waals surface area contributed by atoms with Crippen molar-refractivity contribution in [2.45, 2.75) is 13.8 Å². The molecule has 1 aromatic rings. The summed E-state index contributed by atoms with van der Waals surface area (Å²) in [5, 5.41) is 5.96. The Morgan fingerprint density at radius 2 is 1.65 bits per heavy atom. The number of rotatable bonds is 3. The molecular formula is C13H19N3O. The maximum Gasteiger partial charge on any atom is 0.269 e. The Balaban J connectivity index is 2.84. The average Bonchev–Trinajstić information content (AvgIpc) is 2.28. The highest BCUT2D eigenvalue weighted by Gasteiger charge is 2.09. The number of anilines is 1. The van der Waals surface area contributed by atoms with Gasteiger partial charge in [-0.2, -0.15) is 5.10 Å². The standard InChI is InChI=1S/C13H19N3O/c1-10-6-8-12(9-7-10)16(5)14-11(2)13(17)15(3)4/h6-9H,1-5H3/b14-11+. The zero-order valence-corrected chi connectivity index (χ0v) is 11.1. The van der Waals surface area contributed by atoms with Crippen molar-refractivity contribution < 1.29 is 4.79 Å². The van der Waals surface area contributed by atoms with Gasteiger partial charge in [-0.3, -0.25) is 9.80 Å². The lowest BCUT2D eigenvalue weighted by molar-refractivity contribution is -0.121. The van der Waals surface area contributed by atoms with Crippen molar-refractivity contribution in [3.8, 4) is 0 Å². The minimum atomic E-state index is -0.0797. The van der Waals surface area contributed by atoms with Crippen LogP contribution < -0.4 is 5.01 Å². The Bertz CT molecular complexity index is 421. The molecule has 0 radical (unpaired) electrons. The molecule has 0 unspecified atom stereocenters. The quantitative estimate of drug-likeness (QED) is 0.590. The van der Waals surface area contributed by atoms with Gasteiger partial charge < -0.3 is 4.90 Å². The predicted octanol–water partition coefficient (Wildman–Crippen LogP) is 1.90. The second-order valence-corrected chi connectivity index (χ2v) is 4.24. The van der Waals surface area contributed by atoms with Gasteiger partial charge in [0.15, 0.2) is 0 Å². The fraction of sp³-hybridized carbons (Fsp3) is 0.385. The Labute approximate surface area is 103 Å². The zero-order valence-electron chi connectivity index (χ0n) is 11.1. The van der Waals surface area contributed by atoms with Crippen LogP contribution >= 0.6 is 0 Å². The third-order valence-corrected chi connectivity index (χ3v) is 2.42. The van der Waals surface area contributed by atoms with Gasteiger partial charge in [0, 0.05) is 21.1 Å². The number of aryl methyl sites for hydroxylation is 1. The van der Waals surface area contributed by atoms with Crippen LogP contribution in [-0.4, -0.2) is 37.7 Å². The van der Waals surface area contributed by atoms with Crippen LogP contribution in [0.3, 0.4) is 0 Å². The van der Waals surface area contributed by atoms with Gasteiger partial charge in [-0.1, -0.05) is 17.7 Å². The summed E-state index contributed by atoms with van der Waals surface area (Å²) in [6.45, 7) is 3.75. The molecule has 0 aliphatic heterocycles. The van der Waals surface area contributed by atoms with Gasteiger partial charge in [0.25, 0.3) is 5.91 Å². The molecule has 0 fully saturated rings. The second kappa shape index (κ2) is 5.48.